The summed E-state index contributed by atoms with van der Waals surface area (Å²) in [5.41, 5.74) is 1.06. The van der Waals surface area contributed by atoms with Gasteiger partial charge in [0.1, 0.15) is 11.9 Å². The van der Waals surface area contributed by atoms with Gasteiger partial charge in [0.2, 0.25) is 0 Å². The van der Waals surface area contributed by atoms with Gasteiger partial charge in [0.15, 0.2) is 0 Å². The minimum absolute atomic E-state index is 0.00495. The molecule has 2 aromatic carbocycles. The maximum atomic E-state index is 14.0. The third kappa shape index (κ3) is 3.29. The van der Waals surface area contributed by atoms with Gasteiger partial charge in [0, 0.05) is 37.3 Å². The van der Waals surface area contributed by atoms with Gasteiger partial charge in [-0.3, -0.25) is 9.69 Å². The van der Waals surface area contributed by atoms with Crippen LogP contribution in [0.3, 0.4) is 0 Å². The fourth-order valence-electron chi connectivity index (χ4n) is 2.99. The van der Waals surface area contributed by atoms with Crippen LogP contribution >= 0.6 is 0 Å². The summed E-state index contributed by atoms with van der Waals surface area (Å²) < 4.78 is 14.0. The molecular formula is C19H18FN3O. The van der Waals surface area contributed by atoms with Gasteiger partial charge in [-0.25, -0.2) is 4.39 Å². The van der Waals surface area contributed by atoms with Crippen LogP contribution in [-0.4, -0.2) is 41.9 Å². The van der Waals surface area contributed by atoms with Crippen molar-refractivity contribution >= 4 is 5.91 Å². The topological polar surface area (TPSA) is 47.3 Å². The molecule has 0 spiro atoms. The molecule has 0 saturated carbocycles. The molecule has 0 aromatic heterocycles. The van der Waals surface area contributed by atoms with Gasteiger partial charge >= 0.3 is 0 Å². The maximum absolute atomic E-state index is 14.0. The number of piperazine rings is 1. The molecule has 1 unspecified atom stereocenters. The molecule has 1 aliphatic heterocycles. The van der Waals surface area contributed by atoms with E-state index in [0.717, 1.165) is 0 Å². The summed E-state index contributed by atoms with van der Waals surface area (Å²) in [6.07, 6.45) is 0. The number of hydrogen-bond donors (Lipinski definition) is 0. The molecule has 1 atom stereocenters. The van der Waals surface area contributed by atoms with Gasteiger partial charge in [0.05, 0.1) is 6.07 Å². The lowest BCUT2D eigenvalue weighted by atomic mass is 10.0. The second-order valence-electron chi connectivity index (χ2n) is 5.75. The summed E-state index contributed by atoms with van der Waals surface area (Å²) >= 11 is 0. The fraction of sp³-hybridized carbons (Fsp3) is 0.263. The lowest BCUT2D eigenvalue weighted by Crippen LogP contribution is -2.49. The predicted molar refractivity (Wildman–Crippen MR) is 88.7 cm³/mol. The van der Waals surface area contributed by atoms with Gasteiger partial charge in [0.25, 0.3) is 5.91 Å². The van der Waals surface area contributed by atoms with Gasteiger partial charge in [-0.15, -0.1) is 0 Å². The number of hydrogen-bond acceptors (Lipinski definition) is 3. The summed E-state index contributed by atoms with van der Waals surface area (Å²) in [4.78, 5) is 16.2. The van der Waals surface area contributed by atoms with Crippen LogP contribution in [0.15, 0.2) is 54.6 Å². The molecule has 2 aromatic rings. The van der Waals surface area contributed by atoms with Crippen LogP contribution in [0.2, 0.25) is 0 Å². The molecule has 24 heavy (non-hydrogen) atoms. The molecule has 3 rings (SSSR count). The number of carbonyl (C=O) groups is 1. The van der Waals surface area contributed by atoms with Crippen molar-refractivity contribution in [2.24, 2.45) is 0 Å². The van der Waals surface area contributed by atoms with E-state index in [-0.39, 0.29) is 11.7 Å². The Bertz CT molecular complexity index is 749. The quantitative estimate of drug-likeness (QED) is 0.872. The number of amides is 1. The zero-order chi connectivity index (χ0) is 16.9. The molecule has 4 nitrogen and oxygen atoms in total. The second kappa shape index (κ2) is 7.24. The minimum Gasteiger partial charge on any atom is -0.336 e. The summed E-state index contributed by atoms with van der Waals surface area (Å²) in [5.74, 6) is -0.374. The van der Waals surface area contributed by atoms with Crippen molar-refractivity contribution in [3.8, 4) is 6.07 Å². The van der Waals surface area contributed by atoms with Gasteiger partial charge in [-0.2, -0.15) is 5.26 Å². The zero-order valence-corrected chi connectivity index (χ0v) is 13.2. The van der Waals surface area contributed by atoms with Crippen molar-refractivity contribution < 1.29 is 9.18 Å². The standard InChI is InChI=1S/C19H18FN3O/c20-17-9-5-4-8-16(17)18(14-21)22-10-12-23(13-11-22)19(24)15-6-2-1-3-7-15/h1-9,18H,10-13H2. The zero-order valence-electron chi connectivity index (χ0n) is 13.2. The highest BCUT2D eigenvalue weighted by molar-refractivity contribution is 5.94. The van der Waals surface area contributed by atoms with E-state index < -0.39 is 6.04 Å². The Balaban J connectivity index is 1.67. The van der Waals surface area contributed by atoms with Crippen molar-refractivity contribution in [2.45, 2.75) is 6.04 Å². The minimum atomic E-state index is -0.625. The normalized spacial score (nSPS) is 16.4. The monoisotopic (exact) mass is 323 g/mol. The highest BCUT2D eigenvalue weighted by Gasteiger charge is 2.28. The molecule has 1 aliphatic rings. The Morgan fingerprint density at radius 1 is 1.00 bits per heavy atom. The number of nitriles is 1. The summed E-state index contributed by atoms with van der Waals surface area (Å²) in [5, 5.41) is 9.47. The van der Waals surface area contributed by atoms with Gasteiger partial charge in [-0.05, 0) is 18.2 Å². The Labute approximate surface area is 140 Å². The first-order chi connectivity index (χ1) is 11.7. The van der Waals surface area contributed by atoms with E-state index in [9.17, 15) is 14.4 Å². The first-order valence-electron chi connectivity index (χ1n) is 7.93. The molecule has 0 radical (unpaired) electrons. The number of carbonyl (C=O) groups excluding carboxylic acids is 1. The highest BCUT2D eigenvalue weighted by atomic mass is 19.1. The summed E-state index contributed by atoms with van der Waals surface area (Å²) in [7, 11) is 0. The molecular weight excluding hydrogens is 305 g/mol. The molecule has 1 fully saturated rings. The molecule has 1 heterocycles. The van der Waals surface area contributed by atoms with E-state index in [1.165, 1.54) is 6.07 Å². The van der Waals surface area contributed by atoms with Crippen LogP contribution in [0.5, 0.6) is 0 Å². The average molecular weight is 323 g/mol. The maximum Gasteiger partial charge on any atom is 0.253 e. The average Bonchev–Trinajstić information content (AvgIpc) is 2.64. The third-order valence-electron chi connectivity index (χ3n) is 4.31. The van der Waals surface area contributed by atoms with Crippen LogP contribution in [-0.2, 0) is 0 Å². The smallest absolute Gasteiger partial charge is 0.253 e. The molecule has 1 saturated heterocycles. The van der Waals surface area contributed by atoms with Gasteiger partial charge < -0.3 is 4.90 Å². The first kappa shape index (κ1) is 16.2. The summed E-state index contributed by atoms with van der Waals surface area (Å²) in [6.45, 7) is 2.15. The predicted octanol–water partition coefficient (Wildman–Crippen LogP) is 2.85. The number of rotatable bonds is 3. The van der Waals surface area contributed by atoms with Crippen molar-refractivity contribution in [1.29, 1.82) is 5.26 Å². The van der Waals surface area contributed by atoms with E-state index >= 15 is 0 Å². The summed E-state index contributed by atoms with van der Waals surface area (Å²) in [6, 6.07) is 17.1. The van der Waals surface area contributed by atoms with Crippen molar-refractivity contribution in [3.63, 3.8) is 0 Å². The fourth-order valence-corrected chi connectivity index (χ4v) is 2.99. The molecule has 5 heteroatoms. The van der Waals surface area contributed by atoms with Crippen LogP contribution in [0, 0.1) is 17.1 Å². The molecule has 0 aliphatic carbocycles. The van der Waals surface area contributed by atoms with E-state index in [2.05, 4.69) is 6.07 Å². The second-order valence-corrected chi connectivity index (χ2v) is 5.75. The van der Waals surface area contributed by atoms with E-state index in [1.807, 2.05) is 23.1 Å². The Morgan fingerprint density at radius 3 is 2.25 bits per heavy atom. The van der Waals surface area contributed by atoms with Crippen LogP contribution < -0.4 is 0 Å². The number of halogens is 1. The Morgan fingerprint density at radius 2 is 1.62 bits per heavy atom. The molecule has 0 bridgehead atoms. The van der Waals surface area contributed by atoms with E-state index in [4.69, 9.17) is 0 Å². The molecule has 122 valence electrons. The number of nitrogens with zero attached hydrogens (tertiary/aromatic N) is 3. The Hall–Kier alpha value is -2.71. The van der Waals surface area contributed by atoms with Gasteiger partial charge in [-0.1, -0.05) is 36.4 Å². The molecule has 0 N–H and O–H groups in total. The van der Waals surface area contributed by atoms with Crippen molar-refractivity contribution in [2.75, 3.05) is 26.2 Å². The highest BCUT2D eigenvalue weighted by Crippen LogP contribution is 2.24. The Kier molecular flexibility index (Phi) is 4.88. The van der Waals surface area contributed by atoms with E-state index in [1.54, 1.807) is 35.2 Å². The first-order valence-corrected chi connectivity index (χ1v) is 7.93. The van der Waals surface area contributed by atoms with Crippen LogP contribution in [0.25, 0.3) is 0 Å². The van der Waals surface area contributed by atoms with Crippen LogP contribution in [0.4, 0.5) is 4.39 Å². The van der Waals surface area contributed by atoms with Crippen molar-refractivity contribution in [3.05, 3.63) is 71.5 Å². The third-order valence-corrected chi connectivity index (χ3v) is 4.31. The number of benzene rings is 2. The van der Waals surface area contributed by atoms with Crippen LogP contribution in [0.1, 0.15) is 22.0 Å². The lowest BCUT2D eigenvalue weighted by molar-refractivity contribution is 0.0604. The van der Waals surface area contributed by atoms with Crippen molar-refractivity contribution in [1.82, 2.24) is 9.80 Å². The largest absolute Gasteiger partial charge is 0.336 e. The lowest BCUT2D eigenvalue weighted by Gasteiger charge is -2.37. The van der Waals surface area contributed by atoms with E-state index in [0.29, 0.717) is 37.3 Å². The molecule has 1 amide bonds. The SMILES string of the molecule is N#CC(c1ccccc1F)N1CCN(C(=O)c2ccccc2)CC1.